The van der Waals surface area contributed by atoms with Crippen LogP contribution in [0.4, 0.5) is 0 Å². The molecule has 1 aliphatic rings. The van der Waals surface area contributed by atoms with Crippen molar-refractivity contribution in [2.45, 2.75) is 44.6 Å². The van der Waals surface area contributed by atoms with Crippen molar-refractivity contribution in [1.82, 2.24) is 8.61 Å². The van der Waals surface area contributed by atoms with E-state index in [-0.39, 0.29) is 6.04 Å². The first kappa shape index (κ1) is 12.9. The van der Waals surface area contributed by atoms with E-state index in [0.717, 1.165) is 25.7 Å². The van der Waals surface area contributed by atoms with E-state index < -0.39 is 10.2 Å². The molecule has 0 aromatic rings. The molecule has 0 radical (unpaired) electrons. The first-order valence-electron chi connectivity index (χ1n) is 5.61. The van der Waals surface area contributed by atoms with Gasteiger partial charge in [-0.2, -0.15) is 17.0 Å². The minimum atomic E-state index is -3.23. The lowest BCUT2D eigenvalue weighted by molar-refractivity contribution is 0.315. The highest BCUT2D eigenvalue weighted by molar-refractivity contribution is 7.86. The molecule has 1 aliphatic carbocycles. The highest BCUT2D eigenvalue weighted by Gasteiger charge is 2.28. The zero-order valence-electron chi connectivity index (χ0n) is 9.94. The summed E-state index contributed by atoms with van der Waals surface area (Å²) < 4.78 is 26.6. The number of rotatable bonds is 3. The summed E-state index contributed by atoms with van der Waals surface area (Å²) in [6.45, 7) is 0. The van der Waals surface area contributed by atoms with Crippen molar-refractivity contribution in [1.29, 1.82) is 0 Å². The fourth-order valence-corrected chi connectivity index (χ4v) is 3.17. The predicted molar refractivity (Wildman–Crippen MR) is 61.9 cm³/mol. The van der Waals surface area contributed by atoms with Crippen LogP contribution >= 0.6 is 0 Å². The fraction of sp³-hybridized carbons (Fsp3) is 1.00. The van der Waals surface area contributed by atoms with Gasteiger partial charge >= 0.3 is 0 Å². The Hall–Kier alpha value is -0.130. The van der Waals surface area contributed by atoms with Crippen molar-refractivity contribution in [2.24, 2.45) is 0 Å². The predicted octanol–water partition coefficient (Wildman–Crippen LogP) is 1.45. The van der Waals surface area contributed by atoms with Crippen molar-refractivity contribution in [3.05, 3.63) is 0 Å². The lowest BCUT2D eigenvalue weighted by Crippen LogP contribution is -2.43. The molecule has 0 atom stereocenters. The average molecular weight is 234 g/mol. The van der Waals surface area contributed by atoms with Crippen molar-refractivity contribution < 1.29 is 8.42 Å². The quantitative estimate of drug-likeness (QED) is 0.693. The lowest BCUT2D eigenvalue weighted by atomic mass is 10.1. The highest BCUT2D eigenvalue weighted by atomic mass is 32.2. The first-order chi connectivity index (χ1) is 6.96. The SMILES string of the molecule is CN(C)S(=O)(=O)N(C)C1CCCCCC1. The summed E-state index contributed by atoms with van der Waals surface area (Å²) in [6.07, 6.45) is 6.79. The smallest absolute Gasteiger partial charge is 0.195 e. The number of nitrogens with zero attached hydrogens (tertiary/aromatic N) is 2. The normalized spacial score (nSPS) is 20.9. The Morgan fingerprint density at radius 3 is 1.80 bits per heavy atom. The monoisotopic (exact) mass is 234 g/mol. The van der Waals surface area contributed by atoms with Crippen LogP contribution in [-0.2, 0) is 10.2 Å². The maximum Gasteiger partial charge on any atom is 0.281 e. The molecule has 90 valence electrons. The molecule has 4 nitrogen and oxygen atoms in total. The molecule has 15 heavy (non-hydrogen) atoms. The molecule has 0 aromatic heterocycles. The summed E-state index contributed by atoms with van der Waals surface area (Å²) in [5, 5.41) is 0. The molecule has 1 fully saturated rings. The summed E-state index contributed by atoms with van der Waals surface area (Å²) >= 11 is 0. The second-order valence-electron chi connectivity index (χ2n) is 4.45. The molecule has 0 aromatic carbocycles. The number of hydrogen-bond acceptors (Lipinski definition) is 2. The molecule has 0 saturated heterocycles. The fourth-order valence-electron chi connectivity index (χ4n) is 2.07. The van der Waals surface area contributed by atoms with Gasteiger partial charge in [0.2, 0.25) is 0 Å². The third kappa shape index (κ3) is 3.16. The van der Waals surface area contributed by atoms with Crippen molar-refractivity contribution in [2.75, 3.05) is 21.1 Å². The summed E-state index contributed by atoms with van der Waals surface area (Å²) in [6, 6.07) is 0.194. The third-order valence-electron chi connectivity index (χ3n) is 3.16. The molecule has 0 bridgehead atoms. The van der Waals surface area contributed by atoms with E-state index in [1.807, 2.05) is 0 Å². The van der Waals surface area contributed by atoms with Crippen molar-refractivity contribution in [3.63, 3.8) is 0 Å². The second kappa shape index (κ2) is 5.27. The molecule has 0 unspecified atom stereocenters. The Morgan fingerprint density at radius 1 is 0.933 bits per heavy atom. The van der Waals surface area contributed by atoms with Crippen molar-refractivity contribution in [3.8, 4) is 0 Å². The van der Waals surface area contributed by atoms with Gasteiger partial charge in [-0.1, -0.05) is 25.7 Å². The largest absolute Gasteiger partial charge is 0.281 e. The van der Waals surface area contributed by atoms with Crippen LogP contribution in [0.5, 0.6) is 0 Å². The van der Waals surface area contributed by atoms with Gasteiger partial charge in [-0.3, -0.25) is 0 Å². The molecule has 0 heterocycles. The van der Waals surface area contributed by atoms with E-state index in [9.17, 15) is 8.42 Å². The number of hydrogen-bond donors (Lipinski definition) is 0. The van der Waals surface area contributed by atoms with Gasteiger partial charge in [0.1, 0.15) is 0 Å². The Labute approximate surface area is 93.4 Å². The minimum Gasteiger partial charge on any atom is -0.195 e. The van der Waals surface area contributed by atoms with Gasteiger partial charge in [0.15, 0.2) is 0 Å². The second-order valence-corrected chi connectivity index (χ2v) is 6.65. The summed E-state index contributed by atoms with van der Waals surface area (Å²) in [5.74, 6) is 0. The first-order valence-corrected chi connectivity index (χ1v) is 7.01. The van der Waals surface area contributed by atoms with Gasteiger partial charge in [0.05, 0.1) is 0 Å². The van der Waals surface area contributed by atoms with E-state index in [4.69, 9.17) is 0 Å². The topological polar surface area (TPSA) is 40.6 Å². The lowest BCUT2D eigenvalue weighted by Gasteiger charge is -2.28. The van der Waals surface area contributed by atoms with E-state index in [2.05, 4.69) is 0 Å². The van der Waals surface area contributed by atoms with Gasteiger partial charge in [-0.05, 0) is 12.8 Å². The summed E-state index contributed by atoms with van der Waals surface area (Å²) in [4.78, 5) is 0. The molecule has 0 amide bonds. The van der Waals surface area contributed by atoms with Crippen molar-refractivity contribution >= 4 is 10.2 Å². The van der Waals surface area contributed by atoms with Crippen LogP contribution in [0.3, 0.4) is 0 Å². The average Bonchev–Trinajstić information content (AvgIpc) is 2.44. The molecule has 0 spiro atoms. The maximum absolute atomic E-state index is 11.9. The molecular weight excluding hydrogens is 212 g/mol. The summed E-state index contributed by atoms with van der Waals surface area (Å²) in [5.41, 5.74) is 0. The Morgan fingerprint density at radius 2 is 1.40 bits per heavy atom. The van der Waals surface area contributed by atoms with Crippen LogP contribution in [0.15, 0.2) is 0 Å². The van der Waals surface area contributed by atoms with Crippen LogP contribution in [0.2, 0.25) is 0 Å². The van der Waals surface area contributed by atoms with Crippen LogP contribution in [0.1, 0.15) is 38.5 Å². The minimum absolute atomic E-state index is 0.194. The molecule has 1 rings (SSSR count). The highest BCUT2D eigenvalue weighted by Crippen LogP contribution is 2.23. The van der Waals surface area contributed by atoms with E-state index in [1.165, 1.54) is 17.1 Å². The third-order valence-corrected chi connectivity index (χ3v) is 5.11. The van der Waals surface area contributed by atoms with Gasteiger partial charge < -0.3 is 0 Å². The van der Waals surface area contributed by atoms with Crippen LogP contribution < -0.4 is 0 Å². The Balaban J connectivity index is 2.69. The van der Waals surface area contributed by atoms with Gasteiger partial charge in [-0.15, -0.1) is 0 Å². The molecule has 5 heteroatoms. The maximum atomic E-state index is 11.9. The van der Waals surface area contributed by atoms with Crippen LogP contribution in [0.25, 0.3) is 0 Å². The molecule has 0 aliphatic heterocycles. The van der Waals surface area contributed by atoms with E-state index in [0.29, 0.717) is 0 Å². The van der Waals surface area contributed by atoms with E-state index in [1.54, 1.807) is 25.4 Å². The van der Waals surface area contributed by atoms with Gasteiger partial charge in [-0.25, -0.2) is 0 Å². The molecule has 0 N–H and O–H groups in total. The molecular formula is C10H22N2O2S. The van der Waals surface area contributed by atoms with Crippen LogP contribution in [-0.4, -0.2) is 44.2 Å². The Kier molecular flexibility index (Phi) is 4.55. The van der Waals surface area contributed by atoms with E-state index >= 15 is 0 Å². The van der Waals surface area contributed by atoms with Gasteiger partial charge in [0.25, 0.3) is 10.2 Å². The summed E-state index contributed by atoms with van der Waals surface area (Å²) in [7, 11) is 1.65. The standard InChI is InChI=1S/C10H22N2O2S/c1-11(2)15(13,14)12(3)10-8-6-4-5-7-9-10/h10H,4-9H2,1-3H3. The Bertz CT molecular complexity index is 280. The van der Waals surface area contributed by atoms with Gasteiger partial charge in [0, 0.05) is 27.2 Å². The molecule has 1 saturated carbocycles. The zero-order valence-corrected chi connectivity index (χ0v) is 10.8. The van der Waals surface area contributed by atoms with Crippen LogP contribution in [0, 0.1) is 0 Å². The zero-order chi connectivity index (χ0) is 11.5.